The normalized spacial score (nSPS) is 11.8. The molecule has 0 aliphatic rings. The first-order valence-electron chi connectivity index (χ1n) is 6.89. The molecule has 0 aliphatic carbocycles. The molecule has 0 aromatic heterocycles. The highest BCUT2D eigenvalue weighted by Crippen LogP contribution is 2.14. The summed E-state index contributed by atoms with van der Waals surface area (Å²) in [4.78, 5) is -0.0666. The van der Waals surface area contributed by atoms with Crippen LogP contribution in [0.4, 0.5) is 4.39 Å². The SMILES string of the molecule is Cc1ccc(S(=O)(=O)O)cc1.NC(=NN=Cc1ccc(F)c(Cl)c1)NO. The van der Waals surface area contributed by atoms with Gasteiger partial charge in [-0.1, -0.05) is 35.4 Å². The first-order valence-corrected chi connectivity index (χ1v) is 8.71. The number of hydroxylamine groups is 1. The van der Waals surface area contributed by atoms with Crippen LogP contribution in [0.5, 0.6) is 0 Å². The number of halogens is 2. The Morgan fingerprint density at radius 1 is 1.27 bits per heavy atom. The molecular weight excluding hydrogens is 387 g/mol. The Labute approximate surface area is 154 Å². The minimum Gasteiger partial charge on any atom is -0.367 e. The lowest BCUT2D eigenvalue weighted by Crippen LogP contribution is -2.27. The van der Waals surface area contributed by atoms with E-state index in [9.17, 15) is 12.8 Å². The summed E-state index contributed by atoms with van der Waals surface area (Å²) in [6.07, 6.45) is 1.32. The van der Waals surface area contributed by atoms with Crippen molar-refractivity contribution in [1.82, 2.24) is 5.48 Å². The van der Waals surface area contributed by atoms with Crippen molar-refractivity contribution in [3.05, 3.63) is 64.4 Å². The Kier molecular flexibility index (Phi) is 8.13. The van der Waals surface area contributed by atoms with Crippen molar-refractivity contribution >= 4 is 33.9 Å². The van der Waals surface area contributed by atoms with Crippen molar-refractivity contribution in [3.8, 4) is 0 Å². The quantitative estimate of drug-likeness (QED) is 0.269. The van der Waals surface area contributed by atoms with Crippen molar-refractivity contribution in [3.63, 3.8) is 0 Å². The van der Waals surface area contributed by atoms with Crippen LogP contribution in [-0.2, 0) is 10.1 Å². The fraction of sp³-hybridized carbons (Fsp3) is 0.0667. The van der Waals surface area contributed by atoms with Crippen LogP contribution in [0.2, 0.25) is 5.02 Å². The molecule has 11 heteroatoms. The molecule has 0 aliphatic heterocycles. The molecule has 2 rings (SSSR count). The number of rotatable bonds is 3. The molecule has 5 N–H and O–H groups in total. The Bertz CT molecular complexity index is 902. The van der Waals surface area contributed by atoms with Gasteiger partial charge in [0, 0.05) is 0 Å². The van der Waals surface area contributed by atoms with Crippen LogP contribution >= 0.6 is 11.6 Å². The van der Waals surface area contributed by atoms with E-state index in [2.05, 4.69) is 10.2 Å². The summed E-state index contributed by atoms with van der Waals surface area (Å²) in [5, 5.41) is 15.1. The molecule has 140 valence electrons. The van der Waals surface area contributed by atoms with Crippen LogP contribution in [0, 0.1) is 12.7 Å². The maximum Gasteiger partial charge on any atom is 0.294 e. The number of hydrogen-bond donors (Lipinski definition) is 4. The average Bonchev–Trinajstić information content (AvgIpc) is 2.58. The topological polar surface area (TPSA) is 137 Å². The maximum absolute atomic E-state index is 12.7. The van der Waals surface area contributed by atoms with E-state index in [0.717, 1.165) is 5.56 Å². The zero-order valence-corrected chi connectivity index (χ0v) is 15.0. The van der Waals surface area contributed by atoms with Crippen molar-refractivity contribution in [2.24, 2.45) is 15.9 Å². The second-order valence-electron chi connectivity index (χ2n) is 4.80. The van der Waals surface area contributed by atoms with Gasteiger partial charge in [0.25, 0.3) is 10.1 Å². The van der Waals surface area contributed by atoms with Gasteiger partial charge in [0.15, 0.2) is 0 Å². The number of hydrogen-bond acceptors (Lipinski definition) is 5. The molecule has 0 saturated heterocycles. The summed E-state index contributed by atoms with van der Waals surface area (Å²) in [7, 11) is -4.02. The molecule has 0 amide bonds. The summed E-state index contributed by atoms with van der Waals surface area (Å²) in [5.41, 5.74) is 8.20. The summed E-state index contributed by atoms with van der Waals surface area (Å²) in [5.74, 6) is -0.756. The van der Waals surface area contributed by atoms with E-state index in [0.29, 0.717) is 5.56 Å². The van der Waals surface area contributed by atoms with Crippen molar-refractivity contribution in [1.29, 1.82) is 0 Å². The van der Waals surface area contributed by atoms with Crippen LogP contribution in [0.1, 0.15) is 11.1 Å². The van der Waals surface area contributed by atoms with Gasteiger partial charge in [0.05, 0.1) is 16.1 Å². The molecule has 26 heavy (non-hydrogen) atoms. The first kappa shape index (κ1) is 21.5. The van der Waals surface area contributed by atoms with Gasteiger partial charge in [-0.3, -0.25) is 9.76 Å². The minimum absolute atomic E-state index is 0.00353. The number of nitrogens with one attached hydrogen (secondary N) is 1. The Morgan fingerprint density at radius 2 is 1.88 bits per heavy atom. The largest absolute Gasteiger partial charge is 0.367 e. The van der Waals surface area contributed by atoms with Gasteiger partial charge in [-0.25, -0.2) is 9.87 Å². The molecular formula is C15H16ClFN4O4S. The van der Waals surface area contributed by atoms with E-state index in [1.54, 1.807) is 17.6 Å². The monoisotopic (exact) mass is 402 g/mol. The lowest BCUT2D eigenvalue weighted by molar-refractivity contribution is 0.232. The van der Waals surface area contributed by atoms with E-state index in [1.165, 1.54) is 36.5 Å². The molecule has 0 spiro atoms. The number of benzene rings is 2. The van der Waals surface area contributed by atoms with Gasteiger partial charge in [-0.15, -0.1) is 5.10 Å². The molecule has 0 bridgehead atoms. The first-order chi connectivity index (χ1) is 12.1. The van der Waals surface area contributed by atoms with Gasteiger partial charge in [0.1, 0.15) is 5.82 Å². The van der Waals surface area contributed by atoms with Crippen LogP contribution < -0.4 is 11.2 Å². The molecule has 2 aromatic rings. The van der Waals surface area contributed by atoms with E-state index in [1.807, 2.05) is 6.92 Å². The van der Waals surface area contributed by atoms with E-state index < -0.39 is 15.9 Å². The molecule has 0 atom stereocenters. The third-order valence-corrected chi connectivity index (χ3v) is 3.91. The van der Waals surface area contributed by atoms with Gasteiger partial charge < -0.3 is 5.73 Å². The van der Waals surface area contributed by atoms with Crippen molar-refractivity contribution in [2.45, 2.75) is 11.8 Å². The third kappa shape index (κ3) is 7.57. The highest BCUT2D eigenvalue weighted by molar-refractivity contribution is 7.85. The predicted molar refractivity (Wildman–Crippen MR) is 96.5 cm³/mol. The van der Waals surface area contributed by atoms with Crippen LogP contribution in [0.25, 0.3) is 0 Å². The Balaban J connectivity index is 0.000000273. The molecule has 2 aromatic carbocycles. The van der Waals surface area contributed by atoms with E-state index in [-0.39, 0.29) is 15.9 Å². The van der Waals surface area contributed by atoms with Gasteiger partial charge in [-0.2, -0.15) is 13.5 Å². The lowest BCUT2D eigenvalue weighted by Gasteiger charge is -1.95. The molecule has 8 nitrogen and oxygen atoms in total. The summed E-state index contributed by atoms with van der Waals surface area (Å²) in [6.45, 7) is 1.84. The molecule has 0 heterocycles. The lowest BCUT2D eigenvalue weighted by atomic mass is 10.2. The molecule has 0 radical (unpaired) electrons. The minimum atomic E-state index is -4.02. The average molecular weight is 403 g/mol. The van der Waals surface area contributed by atoms with Crippen molar-refractivity contribution < 1.29 is 22.6 Å². The second kappa shape index (κ2) is 9.82. The van der Waals surface area contributed by atoms with Gasteiger partial charge in [0.2, 0.25) is 5.96 Å². The van der Waals surface area contributed by atoms with Gasteiger partial charge >= 0.3 is 0 Å². The fourth-order valence-corrected chi connectivity index (χ4v) is 2.15. The summed E-state index contributed by atoms with van der Waals surface area (Å²) in [6, 6.07) is 10.1. The second-order valence-corrected chi connectivity index (χ2v) is 6.63. The number of guanidine groups is 1. The molecule has 0 fully saturated rings. The fourth-order valence-electron chi connectivity index (χ4n) is 1.48. The number of nitrogens with zero attached hydrogens (tertiary/aromatic N) is 2. The number of nitrogens with two attached hydrogens (primary N) is 1. The predicted octanol–water partition coefficient (Wildman–Crippen LogP) is 2.35. The standard InChI is InChI=1S/C8H8ClFN4O.C7H8O3S/c9-6-3-5(1-2-7(6)10)4-12-13-8(11)14-15;1-6-2-4-7(5-3-6)11(8,9)10/h1-4,15H,(H3,11,13,14);2-5H,1H3,(H,8,9,10). The Morgan fingerprint density at radius 3 is 2.38 bits per heavy atom. The van der Waals surface area contributed by atoms with E-state index >= 15 is 0 Å². The molecule has 0 saturated carbocycles. The van der Waals surface area contributed by atoms with Crippen LogP contribution in [-0.4, -0.2) is 30.4 Å². The maximum atomic E-state index is 12.7. The van der Waals surface area contributed by atoms with Gasteiger partial charge in [-0.05, 0) is 36.8 Å². The van der Waals surface area contributed by atoms with E-state index in [4.69, 9.17) is 27.1 Å². The highest BCUT2D eigenvalue weighted by Gasteiger charge is 2.06. The van der Waals surface area contributed by atoms with Crippen LogP contribution in [0.3, 0.4) is 0 Å². The van der Waals surface area contributed by atoms with Crippen molar-refractivity contribution in [2.75, 3.05) is 0 Å². The zero-order chi connectivity index (χ0) is 19.7. The zero-order valence-electron chi connectivity index (χ0n) is 13.5. The summed E-state index contributed by atoms with van der Waals surface area (Å²) < 4.78 is 42.3. The number of aryl methyl sites for hydroxylation is 1. The third-order valence-electron chi connectivity index (χ3n) is 2.75. The molecule has 0 unspecified atom stereocenters. The smallest absolute Gasteiger partial charge is 0.294 e. The highest BCUT2D eigenvalue weighted by atomic mass is 35.5. The van der Waals surface area contributed by atoms with Crippen LogP contribution in [0.15, 0.2) is 57.6 Å². The Hall–Kier alpha value is -2.53. The summed E-state index contributed by atoms with van der Waals surface area (Å²) >= 11 is 5.53.